The van der Waals surface area contributed by atoms with Crippen LogP contribution in [0.15, 0.2) is 46.1 Å². The molecule has 23 heavy (non-hydrogen) atoms. The molecule has 0 radical (unpaired) electrons. The summed E-state index contributed by atoms with van der Waals surface area (Å²) in [5.41, 5.74) is 3.01. The lowest BCUT2D eigenvalue weighted by Crippen LogP contribution is -2.16. The minimum absolute atomic E-state index is 0.169. The molecule has 0 fully saturated rings. The Balaban J connectivity index is 2.07. The number of hydrogen-bond acceptors (Lipinski definition) is 6. The average molecular weight is 316 g/mol. The second kappa shape index (κ2) is 7.79. The van der Waals surface area contributed by atoms with E-state index in [2.05, 4.69) is 10.5 Å². The number of nitrogens with one attached hydrogen (secondary N) is 1. The van der Waals surface area contributed by atoms with Crippen molar-refractivity contribution in [1.82, 2.24) is 5.43 Å². The fourth-order valence-corrected chi connectivity index (χ4v) is 1.74. The van der Waals surface area contributed by atoms with E-state index in [-0.39, 0.29) is 5.76 Å². The van der Waals surface area contributed by atoms with Gasteiger partial charge in [-0.15, -0.1) is 0 Å². The van der Waals surface area contributed by atoms with Crippen LogP contribution in [-0.4, -0.2) is 24.7 Å². The Morgan fingerprint density at radius 2 is 2.13 bits per heavy atom. The summed E-state index contributed by atoms with van der Waals surface area (Å²) in [5, 5.41) is 3.84. The highest BCUT2D eigenvalue weighted by atomic mass is 16.6. The number of hydrogen-bond donors (Lipinski definition) is 1. The van der Waals surface area contributed by atoms with Crippen LogP contribution in [0.4, 0.5) is 0 Å². The van der Waals surface area contributed by atoms with E-state index in [1.807, 2.05) is 6.92 Å². The van der Waals surface area contributed by atoms with Gasteiger partial charge >= 0.3 is 11.9 Å². The van der Waals surface area contributed by atoms with Gasteiger partial charge in [0.1, 0.15) is 0 Å². The third-order valence-corrected chi connectivity index (χ3v) is 2.65. The molecule has 0 atom stereocenters. The number of hydrazone groups is 1. The second-order valence-corrected chi connectivity index (χ2v) is 4.41. The molecule has 0 aliphatic heterocycles. The Hall–Kier alpha value is -3.09. The van der Waals surface area contributed by atoms with E-state index in [0.29, 0.717) is 23.7 Å². The summed E-state index contributed by atoms with van der Waals surface area (Å²) < 4.78 is 15.4. The van der Waals surface area contributed by atoms with Crippen molar-refractivity contribution in [3.63, 3.8) is 0 Å². The van der Waals surface area contributed by atoms with Gasteiger partial charge in [0.15, 0.2) is 17.3 Å². The van der Waals surface area contributed by atoms with Crippen LogP contribution in [0.25, 0.3) is 0 Å². The van der Waals surface area contributed by atoms with E-state index in [4.69, 9.17) is 13.9 Å². The monoisotopic (exact) mass is 316 g/mol. The number of benzene rings is 1. The summed E-state index contributed by atoms with van der Waals surface area (Å²) >= 11 is 0. The lowest BCUT2D eigenvalue weighted by atomic mass is 10.2. The maximum Gasteiger partial charge on any atom is 0.308 e. The van der Waals surface area contributed by atoms with Gasteiger partial charge in [-0.1, -0.05) is 0 Å². The smallest absolute Gasteiger partial charge is 0.308 e. The lowest BCUT2D eigenvalue weighted by molar-refractivity contribution is -0.132. The number of esters is 1. The Labute approximate surface area is 132 Å². The van der Waals surface area contributed by atoms with Gasteiger partial charge in [-0.3, -0.25) is 9.59 Å². The van der Waals surface area contributed by atoms with Gasteiger partial charge in [-0.2, -0.15) is 5.10 Å². The van der Waals surface area contributed by atoms with Crippen molar-refractivity contribution < 1.29 is 23.5 Å². The van der Waals surface area contributed by atoms with Crippen molar-refractivity contribution in [3.8, 4) is 11.5 Å². The van der Waals surface area contributed by atoms with Crippen molar-refractivity contribution in [1.29, 1.82) is 0 Å². The normalized spacial score (nSPS) is 10.5. The molecular weight excluding hydrogens is 300 g/mol. The summed E-state index contributed by atoms with van der Waals surface area (Å²) in [5.74, 6) is 0.0355. The molecule has 0 spiro atoms. The first kappa shape index (κ1) is 16.3. The predicted octanol–water partition coefficient (Wildman–Crippen LogP) is 2.37. The van der Waals surface area contributed by atoms with E-state index in [0.717, 1.165) is 0 Å². The molecule has 7 heteroatoms. The van der Waals surface area contributed by atoms with Crippen molar-refractivity contribution >= 4 is 18.1 Å². The van der Waals surface area contributed by atoms with E-state index >= 15 is 0 Å². The van der Waals surface area contributed by atoms with Gasteiger partial charge in [-0.05, 0) is 42.8 Å². The first-order valence-electron chi connectivity index (χ1n) is 6.92. The Morgan fingerprint density at radius 1 is 1.30 bits per heavy atom. The SMILES string of the molecule is CCOc1cc(/C=N\NC(=O)c2ccco2)ccc1OC(C)=O. The Bertz CT molecular complexity index is 707. The fourth-order valence-electron chi connectivity index (χ4n) is 1.74. The molecule has 7 nitrogen and oxygen atoms in total. The van der Waals surface area contributed by atoms with Crippen LogP contribution in [-0.2, 0) is 4.79 Å². The van der Waals surface area contributed by atoms with E-state index in [1.165, 1.54) is 25.5 Å². The Morgan fingerprint density at radius 3 is 2.78 bits per heavy atom. The van der Waals surface area contributed by atoms with Gasteiger partial charge in [0.2, 0.25) is 0 Å². The largest absolute Gasteiger partial charge is 0.490 e. The van der Waals surface area contributed by atoms with Gasteiger partial charge in [-0.25, -0.2) is 5.43 Å². The molecule has 0 aliphatic carbocycles. The van der Waals surface area contributed by atoms with E-state index < -0.39 is 11.9 Å². The number of nitrogens with zero attached hydrogens (tertiary/aromatic N) is 1. The van der Waals surface area contributed by atoms with Crippen LogP contribution in [0.2, 0.25) is 0 Å². The first-order valence-corrected chi connectivity index (χ1v) is 6.92. The number of rotatable bonds is 6. The van der Waals surface area contributed by atoms with Crippen LogP contribution in [0.1, 0.15) is 30.0 Å². The molecule has 1 aromatic heterocycles. The van der Waals surface area contributed by atoms with Crippen LogP contribution in [0.5, 0.6) is 11.5 Å². The van der Waals surface area contributed by atoms with E-state index in [9.17, 15) is 9.59 Å². The molecule has 2 aromatic rings. The van der Waals surface area contributed by atoms with Crippen LogP contribution < -0.4 is 14.9 Å². The quantitative estimate of drug-likeness (QED) is 0.382. The maximum absolute atomic E-state index is 11.6. The number of amides is 1. The van der Waals surface area contributed by atoms with Gasteiger partial charge in [0, 0.05) is 6.92 Å². The fraction of sp³-hybridized carbons (Fsp3) is 0.188. The molecule has 0 saturated carbocycles. The van der Waals surface area contributed by atoms with Crippen molar-refractivity contribution in [2.75, 3.05) is 6.61 Å². The molecule has 0 saturated heterocycles. The zero-order chi connectivity index (χ0) is 16.7. The molecule has 1 amide bonds. The highest BCUT2D eigenvalue weighted by Crippen LogP contribution is 2.28. The van der Waals surface area contributed by atoms with Crippen molar-refractivity contribution in [2.45, 2.75) is 13.8 Å². The predicted molar refractivity (Wildman–Crippen MR) is 82.7 cm³/mol. The highest BCUT2D eigenvalue weighted by Gasteiger charge is 2.09. The summed E-state index contributed by atoms with van der Waals surface area (Å²) in [4.78, 5) is 22.7. The lowest BCUT2D eigenvalue weighted by Gasteiger charge is -2.10. The van der Waals surface area contributed by atoms with Crippen molar-refractivity contribution in [3.05, 3.63) is 47.9 Å². The van der Waals surface area contributed by atoms with Crippen molar-refractivity contribution in [2.24, 2.45) is 5.10 Å². The number of furan rings is 1. The second-order valence-electron chi connectivity index (χ2n) is 4.41. The number of carbonyl (C=O) groups is 2. The maximum atomic E-state index is 11.6. The third kappa shape index (κ3) is 4.70. The van der Waals surface area contributed by atoms with Gasteiger partial charge in [0.25, 0.3) is 0 Å². The molecule has 1 heterocycles. The average Bonchev–Trinajstić information content (AvgIpc) is 3.04. The number of carbonyl (C=O) groups excluding carboxylic acids is 2. The topological polar surface area (TPSA) is 90.1 Å². The van der Waals surface area contributed by atoms with Gasteiger partial charge < -0.3 is 13.9 Å². The summed E-state index contributed by atoms with van der Waals surface area (Å²) in [6, 6.07) is 8.09. The van der Waals surface area contributed by atoms with Crippen LogP contribution in [0.3, 0.4) is 0 Å². The molecular formula is C16H16N2O5. The summed E-state index contributed by atoms with van der Waals surface area (Å²) in [7, 11) is 0. The standard InChI is InChI=1S/C16H16N2O5/c1-3-21-15-9-12(6-7-13(15)23-11(2)19)10-17-18-16(20)14-5-4-8-22-14/h4-10H,3H2,1-2H3,(H,18,20)/b17-10-. The first-order chi connectivity index (χ1) is 11.1. The van der Waals surface area contributed by atoms with Crippen LogP contribution in [0, 0.1) is 0 Å². The zero-order valence-electron chi connectivity index (χ0n) is 12.7. The highest BCUT2D eigenvalue weighted by molar-refractivity contribution is 5.92. The number of ether oxygens (including phenoxy) is 2. The molecule has 2 rings (SSSR count). The molecule has 0 bridgehead atoms. The molecule has 1 N–H and O–H groups in total. The zero-order valence-corrected chi connectivity index (χ0v) is 12.7. The molecule has 0 unspecified atom stereocenters. The van der Waals surface area contributed by atoms with Gasteiger partial charge in [0.05, 0.1) is 19.1 Å². The minimum atomic E-state index is -0.451. The third-order valence-electron chi connectivity index (χ3n) is 2.65. The summed E-state index contributed by atoms with van der Waals surface area (Å²) in [6.45, 7) is 3.56. The minimum Gasteiger partial charge on any atom is -0.490 e. The summed E-state index contributed by atoms with van der Waals surface area (Å²) in [6.07, 6.45) is 2.85. The molecule has 1 aromatic carbocycles. The molecule has 0 aliphatic rings. The molecule has 120 valence electrons. The van der Waals surface area contributed by atoms with Crippen LogP contribution >= 0.6 is 0 Å². The Kier molecular flexibility index (Phi) is 5.51. The van der Waals surface area contributed by atoms with E-state index in [1.54, 1.807) is 24.3 Å².